The highest BCUT2D eigenvalue weighted by atomic mass is 19.4. The molecule has 0 saturated carbocycles. The van der Waals surface area contributed by atoms with E-state index in [1.54, 1.807) is 0 Å². The van der Waals surface area contributed by atoms with Crippen LogP contribution < -0.4 is 5.56 Å². The summed E-state index contributed by atoms with van der Waals surface area (Å²) < 4.78 is 77.3. The highest BCUT2D eigenvalue weighted by molar-refractivity contribution is 5.65. The maximum absolute atomic E-state index is 13.0. The van der Waals surface area contributed by atoms with E-state index in [-0.39, 0.29) is 10.1 Å². The second kappa shape index (κ2) is 5.47. The monoisotopic (exact) mass is 322 g/mol. The van der Waals surface area contributed by atoms with Crippen molar-refractivity contribution in [3.8, 4) is 11.1 Å². The summed E-state index contributed by atoms with van der Waals surface area (Å²) in [4.78, 5) is 14.9. The van der Waals surface area contributed by atoms with Gasteiger partial charge in [0.25, 0.3) is 12.0 Å². The first-order chi connectivity index (χ1) is 10.1. The van der Waals surface area contributed by atoms with Gasteiger partial charge in [0.15, 0.2) is 0 Å². The van der Waals surface area contributed by atoms with Crippen LogP contribution in [0.25, 0.3) is 11.1 Å². The lowest BCUT2D eigenvalue weighted by Crippen LogP contribution is -2.30. The highest BCUT2D eigenvalue weighted by Gasteiger charge is 2.38. The van der Waals surface area contributed by atoms with Gasteiger partial charge in [-0.15, -0.1) is 0 Å². The third-order valence-corrected chi connectivity index (χ3v) is 2.91. The number of halogens is 6. The van der Waals surface area contributed by atoms with E-state index in [1.807, 2.05) is 0 Å². The summed E-state index contributed by atoms with van der Waals surface area (Å²) in [5.74, 6) is -2.40. The average Bonchev–Trinajstić information content (AvgIpc) is 2.41. The van der Waals surface area contributed by atoms with Gasteiger partial charge in [-0.05, 0) is 17.7 Å². The molecule has 0 aliphatic heterocycles. The molecule has 0 bridgehead atoms. The van der Waals surface area contributed by atoms with Gasteiger partial charge >= 0.3 is 6.18 Å². The first kappa shape index (κ1) is 16.1. The van der Waals surface area contributed by atoms with E-state index in [4.69, 9.17) is 0 Å². The van der Waals surface area contributed by atoms with Gasteiger partial charge in [-0.25, -0.2) is 18.2 Å². The standard InChI is InChI=1S/C13H8F6N2O/c1-21-11(22)8(6-2-4-7(14)5-3-6)9(10(15)16)20-12(21)13(17,18)19/h2-5,10H,1H3. The third kappa shape index (κ3) is 2.83. The summed E-state index contributed by atoms with van der Waals surface area (Å²) in [5, 5.41) is 0. The molecule has 0 amide bonds. The van der Waals surface area contributed by atoms with Crippen molar-refractivity contribution < 1.29 is 26.3 Å². The first-order valence-electron chi connectivity index (χ1n) is 5.85. The average molecular weight is 322 g/mol. The Labute approximate surface area is 119 Å². The maximum atomic E-state index is 13.0. The molecular formula is C13H8F6N2O. The molecule has 22 heavy (non-hydrogen) atoms. The SMILES string of the molecule is Cn1c(C(F)(F)F)nc(C(F)F)c(-c2ccc(F)cc2)c1=O. The number of nitrogens with zero attached hydrogens (tertiary/aromatic N) is 2. The number of alkyl halides is 5. The van der Waals surface area contributed by atoms with Crippen LogP contribution in [-0.4, -0.2) is 9.55 Å². The summed E-state index contributed by atoms with van der Waals surface area (Å²) >= 11 is 0. The first-order valence-corrected chi connectivity index (χ1v) is 5.85. The van der Waals surface area contributed by atoms with Crippen LogP contribution in [0.1, 0.15) is 17.9 Å². The zero-order valence-electron chi connectivity index (χ0n) is 11.0. The van der Waals surface area contributed by atoms with E-state index >= 15 is 0 Å². The number of hydrogen-bond donors (Lipinski definition) is 0. The van der Waals surface area contributed by atoms with Crippen molar-refractivity contribution in [1.29, 1.82) is 0 Å². The predicted molar refractivity (Wildman–Crippen MR) is 64.8 cm³/mol. The second-order valence-corrected chi connectivity index (χ2v) is 4.37. The van der Waals surface area contributed by atoms with Crippen LogP contribution in [0.5, 0.6) is 0 Å². The minimum atomic E-state index is -5.06. The van der Waals surface area contributed by atoms with Crippen molar-refractivity contribution >= 4 is 0 Å². The summed E-state index contributed by atoms with van der Waals surface area (Å²) in [6, 6.07) is 3.85. The van der Waals surface area contributed by atoms with Gasteiger partial charge in [0.05, 0.1) is 5.56 Å². The maximum Gasteiger partial charge on any atom is 0.449 e. The number of rotatable bonds is 2. The van der Waals surface area contributed by atoms with E-state index in [1.165, 1.54) is 0 Å². The normalized spacial score (nSPS) is 12.0. The number of benzene rings is 1. The molecule has 0 spiro atoms. The Bertz CT molecular complexity index is 749. The molecule has 3 nitrogen and oxygen atoms in total. The van der Waals surface area contributed by atoms with Crippen LogP contribution in [0.3, 0.4) is 0 Å². The van der Waals surface area contributed by atoms with Crippen LogP contribution in [-0.2, 0) is 13.2 Å². The Balaban J connectivity index is 2.82. The van der Waals surface area contributed by atoms with Gasteiger partial charge in [0.2, 0.25) is 5.82 Å². The molecular weight excluding hydrogens is 314 g/mol. The molecule has 1 aromatic heterocycles. The Morgan fingerprint density at radius 2 is 1.68 bits per heavy atom. The molecule has 118 valence electrons. The summed E-state index contributed by atoms with van der Waals surface area (Å²) in [5.41, 5.74) is -3.41. The molecule has 9 heteroatoms. The van der Waals surface area contributed by atoms with Crippen molar-refractivity contribution in [2.24, 2.45) is 7.05 Å². The van der Waals surface area contributed by atoms with Crippen LogP contribution in [0.15, 0.2) is 29.1 Å². The van der Waals surface area contributed by atoms with Crippen LogP contribution in [0.2, 0.25) is 0 Å². The Hall–Kier alpha value is -2.32. The fourth-order valence-corrected chi connectivity index (χ4v) is 1.92. The molecule has 0 aliphatic rings. The van der Waals surface area contributed by atoms with E-state index in [9.17, 15) is 31.1 Å². The fourth-order valence-electron chi connectivity index (χ4n) is 1.92. The molecule has 1 heterocycles. The van der Waals surface area contributed by atoms with E-state index in [0.29, 0.717) is 0 Å². The summed E-state index contributed by atoms with van der Waals surface area (Å²) in [7, 11) is 0.778. The lowest BCUT2D eigenvalue weighted by atomic mass is 10.1. The van der Waals surface area contributed by atoms with Crippen molar-refractivity contribution in [3.63, 3.8) is 0 Å². The lowest BCUT2D eigenvalue weighted by molar-refractivity contribution is -0.148. The molecule has 0 fully saturated rings. The van der Waals surface area contributed by atoms with Crippen molar-refractivity contribution in [1.82, 2.24) is 9.55 Å². The zero-order chi connectivity index (χ0) is 16.7. The molecule has 1 aromatic carbocycles. The molecule has 0 unspecified atom stereocenters. The van der Waals surface area contributed by atoms with Gasteiger partial charge in [-0.3, -0.25) is 9.36 Å². The Kier molecular flexibility index (Phi) is 3.99. The Morgan fingerprint density at radius 1 is 1.14 bits per heavy atom. The Morgan fingerprint density at radius 3 is 2.14 bits per heavy atom. The van der Waals surface area contributed by atoms with E-state index in [0.717, 1.165) is 31.3 Å². The summed E-state index contributed by atoms with van der Waals surface area (Å²) in [6.07, 6.45) is -8.45. The molecule has 0 saturated heterocycles. The lowest BCUT2D eigenvalue weighted by Gasteiger charge is -2.15. The molecule has 2 aromatic rings. The van der Waals surface area contributed by atoms with E-state index < -0.39 is 41.1 Å². The minimum Gasteiger partial charge on any atom is -0.292 e. The topological polar surface area (TPSA) is 34.9 Å². The van der Waals surface area contributed by atoms with Crippen molar-refractivity contribution in [2.75, 3.05) is 0 Å². The highest BCUT2D eigenvalue weighted by Crippen LogP contribution is 2.32. The van der Waals surface area contributed by atoms with Crippen LogP contribution in [0, 0.1) is 5.82 Å². The van der Waals surface area contributed by atoms with Gasteiger partial charge in [-0.2, -0.15) is 13.2 Å². The number of hydrogen-bond acceptors (Lipinski definition) is 2. The fraction of sp³-hybridized carbons (Fsp3) is 0.231. The van der Waals surface area contributed by atoms with E-state index in [2.05, 4.69) is 4.98 Å². The van der Waals surface area contributed by atoms with Gasteiger partial charge in [0, 0.05) is 7.05 Å². The summed E-state index contributed by atoms with van der Waals surface area (Å²) in [6.45, 7) is 0. The minimum absolute atomic E-state index is 0.140. The molecule has 0 radical (unpaired) electrons. The van der Waals surface area contributed by atoms with Gasteiger partial charge < -0.3 is 0 Å². The molecule has 0 atom stereocenters. The number of aromatic nitrogens is 2. The molecule has 2 rings (SSSR count). The predicted octanol–water partition coefficient (Wildman–Crippen LogP) is 3.54. The van der Waals surface area contributed by atoms with Crippen molar-refractivity contribution in [2.45, 2.75) is 12.6 Å². The van der Waals surface area contributed by atoms with Crippen molar-refractivity contribution in [3.05, 3.63) is 52.0 Å². The quantitative estimate of drug-likeness (QED) is 0.793. The molecule has 0 aliphatic carbocycles. The second-order valence-electron chi connectivity index (χ2n) is 4.37. The third-order valence-electron chi connectivity index (χ3n) is 2.91. The van der Waals surface area contributed by atoms with Gasteiger partial charge in [-0.1, -0.05) is 12.1 Å². The van der Waals surface area contributed by atoms with Crippen LogP contribution >= 0.6 is 0 Å². The molecule has 0 N–H and O–H groups in total. The van der Waals surface area contributed by atoms with Gasteiger partial charge in [0.1, 0.15) is 11.5 Å². The largest absolute Gasteiger partial charge is 0.449 e. The van der Waals surface area contributed by atoms with Crippen LogP contribution in [0.4, 0.5) is 26.3 Å². The smallest absolute Gasteiger partial charge is 0.292 e. The zero-order valence-corrected chi connectivity index (χ0v) is 11.0.